The molecule has 1 heterocycles. The smallest absolute Gasteiger partial charge is 0.226 e. The molecule has 1 N–H and O–H groups in total. The minimum atomic E-state index is 0. The fourth-order valence-electron chi connectivity index (χ4n) is 2.22. The first-order chi connectivity index (χ1) is 9.58. The summed E-state index contributed by atoms with van der Waals surface area (Å²) in [6.07, 6.45) is 2.53. The zero-order valence-corrected chi connectivity index (χ0v) is 14.0. The molecule has 0 spiro atoms. The maximum Gasteiger partial charge on any atom is 0.226 e. The number of halogens is 1. The number of benzene rings is 1. The van der Waals surface area contributed by atoms with Crippen molar-refractivity contribution < 1.29 is 4.52 Å². The maximum atomic E-state index is 5.31. The standard InChI is InChI=1S/C16H23N3O.ClH/c1-11-5-6-14(12(2)9-11)7-8-16-18-15(19-20-16)10-13(3)17-4;/h5-6,9,13,17H,7-8,10H2,1-4H3;1H. The largest absolute Gasteiger partial charge is 0.339 e. The van der Waals surface area contributed by atoms with Gasteiger partial charge in [0.25, 0.3) is 0 Å². The van der Waals surface area contributed by atoms with Gasteiger partial charge in [0.2, 0.25) is 5.89 Å². The van der Waals surface area contributed by atoms with Crippen LogP contribution in [0.2, 0.25) is 0 Å². The van der Waals surface area contributed by atoms with E-state index in [2.05, 4.69) is 54.4 Å². The molecule has 0 aliphatic carbocycles. The lowest BCUT2D eigenvalue weighted by molar-refractivity contribution is 0.371. The van der Waals surface area contributed by atoms with Gasteiger partial charge in [0.05, 0.1) is 0 Å². The molecule has 2 rings (SSSR count). The molecule has 0 saturated heterocycles. The van der Waals surface area contributed by atoms with E-state index in [0.29, 0.717) is 6.04 Å². The molecular weight excluding hydrogens is 286 g/mol. The number of rotatable bonds is 6. The van der Waals surface area contributed by atoms with Gasteiger partial charge >= 0.3 is 0 Å². The average Bonchev–Trinajstić information content (AvgIpc) is 2.85. The Bertz CT molecular complexity index is 568. The van der Waals surface area contributed by atoms with Crippen LogP contribution < -0.4 is 5.32 Å². The van der Waals surface area contributed by atoms with Gasteiger partial charge in [-0.05, 0) is 45.4 Å². The van der Waals surface area contributed by atoms with Crippen molar-refractivity contribution >= 4 is 12.4 Å². The first-order valence-electron chi connectivity index (χ1n) is 7.13. The molecule has 0 radical (unpaired) electrons. The monoisotopic (exact) mass is 309 g/mol. The zero-order valence-electron chi connectivity index (χ0n) is 13.1. The van der Waals surface area contributed by atoms with E-state index in [-0.39, 0.29) is 12.4 Å². The molecule has 4 nitrogen and oxygen atoms in total. The van der Waals surface area contributed by atoms with Gasteiger partial charge in [-0.3, -0.25) is 0 Å². The molecule has 0 fully saturated rings. The molecule has 5 heteroatoms. The average molecular weight is 310 g/mol. The summed E-state index contributed by atoms with van der Waals surface area (Å²) >= 11 is 0. The Hall–Kier alpha value is -1.39. The Balaban J connectivity index is 0.00000220. The van der Waals surface area contributed by atoms with Gasteiger partial charge in [-0.15, -0.1) is 12.4 Å². The Morgan fingerprint density at radius 3 is 2.67 bits per heavy atom. The van der Waals surface area contributed by atoms with E-state index in [1.165, 1.54) is 16.7 Å². The minimum Gasteiger partial charge on any atom is -0.339 e. The van der Waals surface area contributed by atoms with Crippen molar-refractivity contribution in [1.82, 2.24) is 15.5 Å². The van der Waals surface area contributed by atoms with Gasteiger partial charge in [-0.1, -0.05) is 28.9 Å². The van der Waals surface area contributed by atoms with E-state index >= 15 is 0 Å². The Labute approximate surface area is 132 Å². The molecule has 0 aliphatic heterocycles. The SMILES string of the molecule is CNC(C)Cc1noc(CCc2ccc(C)cc2C)n1.Cl. The number of nitrogens with zero attached hydrogens (tertiary/aromatic N) is 2. The summed E-state index contributed by atoms with van der Waals surface area (Å²) in [5.74, 6) is 1.51. The molecule has 1 atom stereocenters. The Morgan fingerprint density at radius 1 is 1.24 bits per heavy atom. The summed E-state index contributed by atoms with van der Waals surface area (Å²) in [6.45, 7) is 6.37. The second kappa shape index (κ2) is 8.15. The normalized spacial score (nSPS) is 12.0. The lowest BCUT2D eigenvalue weighted by atomic mass is 10.0. The third-order valence-corrected chi connectivity index (χ3v) is 3.60. The van der Waals surface area contributed by atoms with Crippen LogP contribution in [0.3, 0.4) is 0 Å². The summed E-state index contributed by atoms with van der Waals surface area (Å²) in [4.78, 5) is 4.44. The van der Waals surface area contributed by atoms with E-state index in [4.69, 9.17) is 4.52 Å². The predicted octanol–water partition coefficient (Wildman–Crippen LogP) is 3.04. The van der Waals surface area contributed by atoms with Crippen LogP contribution in [-0.4, -0.2) is 23.2 Å². The van der Waals surface area contributed by atoms with E-state index < -0.39 is 0 Å². The van der Waals surface area contributed by atoms with Gasteiger partial charge in [0.15, 0.2) is 5.82 Å². The third-order valence-electron chi connectivity index (χ3n) is 3.60. The molecule has 21 heavy (non-hydrogen) atoms. The second-order valence-corrected chi connectivity index (χ2v) is 5.43. The van der Waals surface area contributed by atoms with Crippen LogP contribution in [0.25, 0.3) is 0 Å². The first kappa shape index (κ1) is 17.7. The summed E-state index contributed by atoms with van der Waals surface area (Å²) in [5, 5.41) is 7.20. The van der Waals surface area contributed by atoms with E-state index in [0.717, 1.165) is 31.0 Å². The minimum absolute atomic E-state index is 0. The molecule has 1 aromatic carbocycles. The summed E-state index contributed by atoms with van der Waals surface area (Å²) in [6, 6.07) is 6.91. The van der Waals surface area contributed by atoms with Crippen molar-refractivity contribution in [3.8, 4) is 0 Å². The molecule has 0 amide bonds. The van der Waals surface area contributed by atoms with Gasteiger partial charge in [0.1, 0.15) is 0 Å². The van der Waals surface area contributed by atoms with Crippen molar-refractivity contribution in [1.29, 1.82) is 0 Å². The van der Waals surface area contributed by atoms with Crippen molar-refractivity contribution in [3.63, 3.8) is 0 Å². The van der Waals surface area contributed by atoms with Crippen LogP contribution in [0.4, 0.5) is 0 Å². The molecule has 116 valence electrons. The highest BCUT2D eigenvalue weighted by Crippen LogP contribution is 2.13. The molecule has 0 bridgehead atoms. The summed E-state index contributed by atoms with van der Waals surface area (Å²) in [5.41, 5.74) is 3.97. The van der Waals surface area contributed by atoms with Crippen LogP contribution in [0, 0.1) is 13.8 Å². The topological polar surface area (TPSA) is 51.0 Å². The summed E-state index contributed by atoms with van der Waals surface area (Å²) < 4.78 is 5.31. The van der Waals surface area contributed by atoms with Crippen LogP contribution in [0.15, 0.2) is 22.7 Å². The predicted molar refractivity (Wildman–Crippen MR) is 87.1 cm³/mol. The number of likely N-dealkylation sites (N-methyl/N-ethyl adjacent to an activating group) is 1. The van der Waals surface area contributed by atoms with Crippen molar-refractivity contribution in [2.24, 2.45) is 0 Å². The van der Waals surface area contributed by atoms with Gasteiger partial charge in [0, 0.05) is 18.9 Å². The number of aryl methyl sites for hydroxylation is 4. The van der Waals surface area contributed by atoms with E-state index in [1.54, 1.807) is 0 Å². The molecular formula is C16H24ClN3O. The number of aromatic nitrogens is 2. The number of hydrogen-bond acceptors (Lipinski definition) is 4. The van der Waals surface area contributed by atoms with Crippen LogP contribution in [0.5, 0.6) is 0 Å². The maximum absolute atomic E-state index is 5.31. The van der Waals surface area contributed by atoms with E-state index in [1.807, 2.05) is 7.05 Å². The van der Waals surface area contributed by atoms with Crippen LogP contribution >= 0.6 is 12.4 Å². The Kier molecular flexibility index (Phi) is 6.85. The molecule has 1 unspecified atom stereocenters. The number of nitrogens with one attached hydrogen (secondary N) is 1. The quantitative estimate of drug-likeness (QED) is 0.891. The highest BCUT2D eigenvalue weighted by molar-refractivity contribution is 5.85. The lowest BCUT2D eigenvalue weighted by Gasteiger charge is -2.05. The van der Waals surface area contributed by atoms with Gasteiger partial charge < -0.3 is 9.84 Å². The summed E-state index contributed by atoms with van der Waals surface area (Å²) in [7, 11) is 1.94. The lowest BCUT2D eigenvalue weighted by Crippen LogP contribution is -2.24. The van der Waals surface area contributed by atoms with Crippen molar-refractivity contribution in [2.75, 3.05) is 7.05 Å². The second-order valence-electron chi connectivity index (χ2n) is 5.43. The Morgan fingerprint density at radius 2 is 2.00 bits per heavy atom. The molecule has 1 aromatic heterocycles. The molecule has 2 aromatic rings. The first-order valence-corrected chi connectivity index (χ1v) is 7.13. The third kappa shape index (κ3) is 5.14. The zero-order chi connectivity index (χ0) is 14.5. The van der Waals surface area contributed by atoms with Crippen LogP contribution in [0.1, 0.15) is 35.3 Å². The highest BCUT2D eigenvalue weighted by Gasteiger charge is 2.10. The van der Waals surface area contributed by atoms with Crippen molar-refractivity contribution in [2.45, 2.75) is 46.1 Å². The van der Waals surface area contributed by atoms with Crippen LogP contribution in [-0.2, 0) is 19.3 Å². The highest BCUT2D eigenvalue weighted by atomic mass is 35.5. The molecule has 0 saturated carbocycles. The van der Waals surface area contributed by atoms with Gasteiger partial charge in [-0.25, -0.2) is 0 Å². The molecule has 0 aliphatic rings. The van der Waals surface area contributed by atoms with Crippen molar-refractivity contribution in [3.05, 3.63) is 46.6 Å². The fourth-order valence-corrected chi connectivity index (χ4v) is 2.22. The van der Waals surface area contributed by atoms with Gasteiger partial charge in [-0.2, -0.15) is 4.98 Å². The number of hydrogen-bond donors (Lipinski definition) is 1. The fraction of sp³-hybridized carbons (Fsp3) is 0.500. The van der Waals surface area contributed by atoms with E-state index in [9.17, 15) is 0 Å².